The maximum atomic E-state index is 13.8. The smallest absolute Gasteiger partial charge is 0.354 e. The fourth-order valence-corrected chi connectivity index (χ4v) is 5.37. The molecule has 0 saturated heterocycles. The number of halogens is 4. The summed E-state index contributed by atoms with van der Waals surface area (Å²) in [6, 6.07) is 13.4. The molecule has 0 aliphatic carbocycles. The summed E-state index contributed by atoms with van der Waals surface area (Å²) in [6.45, 7) is 4.29. The molecule has 0 radical (unpaired) electrons. The third kappa shape index (κ3) is 8.06. The first-order chi connectivity index (χ1) is 19.2. The van der Waals surface area contributed by atoms with Gasteiger partial charge < -0.3 is 10.2 Å². The number of carbonyl (C=O) groups excluding carboxylic acids is 2. The molecule has 0 aliphatic rings. The number of rotatable bonds is 11. The molecule has 0 spiro atoms. The standard InChI is InChI=1S/C29H31F4N3O4S/c1-4-16-34-28(38)21(3)35(18-22-10-12-24(30)13-11-22)27(37)19-36(25-7-5-6-23(17-25)29(31,32)33)41(39,40)26-14-8-20(2)9-15-26/h5-15,17,21H,4,16,18-19H2,1-3H3,(H,34,38)/t21-/m1/s1. The minimum atomic E-state index is -4.76. The molecule has 0 fully saturated rings. The Hall–Kier alpha value is -3.93. The molecule has 3 aromatic rings. The number of hydrogen-bond acceptors (Lipinski definition) is 4. The van der Waals surface area contributed by atoms with Crippen LogP contribution >= 0.6 is 0 Å². The van der Waals surface area contributed by atoms with E-state index in [1.165, 1.54) is 55.5 Å². The molecular weight excluding hydrogens is 562 g/mol. The molecule has 3 rings (SSSR count). The number of hydrogen-bond donors (Lipinski definition) is 1. The van der Waals surface area contributed by atoms with Crippen molar-refractivity contribution in [2.75, 3.05) is 17.4 Å². The molecule has 220 valence electrons. The van der Waals surface area contributed by atoms with Crippen LogP contribution in [-0.2, 0) is 32.3 Å². The number of amides is 2. The molecule has 0 saturated carbocycles. The average Bonchev–Trinajstić information content (AvgIpc) is 2.93. The zero-order valence-corrected chi connectivity index (χ0v) is 23.6. The van der Waals surface area contributed by atoms with Crippen molar-refractivity contribution in [3.63, 3.8) is 0 Å². The Kier molecular flexibility index (Phi) is 10.1. The van der Waals surface area contributed by atoms with Crippen molar-refractivity contribution in [1.29, 1.82) is 0 Å². The van der Waals surface area contributed by atoms with Crippen molar-refractivity contribution >= 4 is 27.5 Å². The van der Waals surface area contributed by atoms with Crippen molar-refractivity contribution in [2.45, 2.75) is 50.9 Å². The molecule has 0 heterocycles. The summed E-state index contributed by atoms with van der Waals surface area (Å²) in [6.07, 6.45) is -4.14. The number of nitrogens with one attached hydrogen (secondary N) is 1. The van der Waals surface area contributed by atoms with Crippen LogP contribution in [-0.4, -0.2) is 44.3 Å². The number of aryl methyl sites for hydroxylation is 1. The summed E-state index contributed by atoms with van der Waals surface area (Å²) in [5, 5.41) is 2.68. The van der Waals surface area contributed by atoms with Crippen molar-refractivity contribution in [2.24, 2.45) is 0 Å². The molecule has 7 nitrogen and oxygen atoms in total. The molecule has 1 N–H and O–H groups in total. The predicted octanol–water partition coefficient (Wildman–Crippen LogP) is 5.29. The number of anilines is 1. The lowest BCUT2D eigenvalue weighted by atomic mass is 10.1. The van der Waals surface area contributed by atoms with Gasteiger partial charge in [0.2, 0.25) is 11.8 Å². The summed E-state index contributed by atoms with van der Waals surface area (Å²) in [4.78, 5) is 27.5. The first-order valence-electron chi connectivity index (χ1n) is 12.8. The van der Waals surface area contributed by atoms with E-state index in [9.17, 15) is 35.6 Å². The monoisotopic (exact) mass is 593 g/mol. The summed E-state index contributed by atoms with van der Waals surface area (Å²) >= 11 is 0. The molecule has 2 amide bonds. The fourth-order valence-electron chi connectivity index (χ4n) is 3.97. The van der Waals surface area contributed by atoms with Crippen molar-refractivity contribution in [3.8, 4) is 0 Å². The first-order valence-corrected chi connectivity index (χ1v) is 14.3. The molecule has 1 atom stereocenters. The van der Waals surface area contributed by atoms with Crippen LogP contribution in [0.4, 0.5) is 23.2 Å². The van der Waals surface area contributed by atoms with Crippen LogP contribution < -0.4 is 9.62 Å². The first kappa shape index (κ1) is 31.6. The molecule has 3 aromatic carbocycles. The maximum Gasteiger partial charge on any atom is 0.416 e. The summed E-state index contributed by atoms with van der Waals surface area (Å²) in [7, 11) is -4.53. The SMILES string of the molecule is CCCNC(=O)[C@@H](C)N(Cc1ccc(F)cc1)C(=O)CN(c1cccc(C(F)(F)F)c1)S(=O)(=O)c1ccc(C)cc1. The highest BCUT2D eigenvalue weighted by Crippen LogP contribution is 2.33. The van der Waals surface area contributed by atoms with Crippen molar-refractivity contribution < 1.29 is 35.6 Å². The quantitative estimate of drug-likeness (QED) is 0.306. The number of alkyl halides is 3. The van der Waals surface area contributed by atoms with E-state index < -0.39 is 52.0 Å². The van der Waals surface area contributed by atoms with Crippen molar-refractivity contribution in [1.82, 2.24) is 10.2 Å². The van der Waals surface area contributed by atoms with Gasteiger partial charge in [-0.2, -0.15) is 13.2 Å². The van der Waals surface area contributed by atoms with Gasteiger partial charge in [-0.1, -0.05) is 42.8 Å². The summed E-state index contributed by atoms with van der Waals surface area (Å²) < 4.78 is 82.2. The average molecular weight is 594 g/mol. The van der Waals surface area contributed by atoms with E-state index in [1.54, 1.807) is 6.92 Å². The second-order valence-corrected chi connectivity index (χ2v) is 11.4. The zero-order chi connectivity index (χ0) is 30.4. The van der Waals surface area contributed by atoms with Crippen LogP contribution in [0.2, 0.25) is 0 Å². The molecule has 12 heteroatoms. The minimum Gasteiger partial charge on any atom is -0.354 e. The van der Waals surface area contributed by atoms with Gasteiger partial charge in [0.25, 0.3) is 10.0 Å². The van der Waals surface area contributed by atoms with E-state index in [2.05, 4.69) is 5.32 Å². The molecule has 0 aliphatic heterocycles. The van der Waals surface area contributed by atoms with Gasteiger partial charge in [-0.3, -0.25) is 13.9 Å². The van der Waals surface area contributed by atoms with E-state index >= 15 is 0 Å². The van der Waals surface area contributed by atoms with Crippen LogP contribution in [0.3, 0.4) is 0 Å². The van der Waals surface area contributed by atoms with Crippen LogP contribution in [0, 0.1) is 12.7 Å². The summed E-state index contributed by atoms with van der Waals surface area (Å²) in [5.74, 6) is -1.86. The van der Waals surface area contributed by atoms with Gasteiger partial charge in [-0.15, -0.1) is 0 Å². The zero-order valence-electron chi connectivity index (χ0n) is 22.8. The summed E-state index contributed by atoms with van der Waals surface area (Å²) in [5.41, 5.74) is -0.259. The second-order valence-electron chi connectivity index (χ2n) is 9.49. The van der Waals surface area contributed by atoms with Gasteiger partial charge in [-0.25, -0.2) is 12.8 Å². The molecule has 41 heavy (non-hydrogen) atoms. The number of benzene rings is 3. The largest absolute Gasteiger partial charge is 0.416 e. The maximum absolute atomic E-state index is 13.8. The molecule has 0 bridgehead atoms. The Labute approximate surface area is 236 Å². The highest BCUT2D eigenvalue weighted by molar-refractivity contribution is 7.92. The number of nitrogens with zero attached hydrogens (tertiary/aromatic N) is 2. The number of sulfonamides is 1. The lowest BCUT2D eigenvalue weighted by molar-refractivity contribution is -0.139. The Bertz CT molecular complexity index is 1460. The van der Waals surface area contributed by atoms with Crippen molar-refractivity contribution in [3.05, 3.63) is 95.3 Å². The topological polar surface area (TPSA) is 86.8 Å². The predicted molar refractivity (Wildman–Crippen MR) is 147 cm³/mol. The molecule has 0 aromatic heterocycles. The normalized spacial score (nSPS) is 12.5. The third-order valence-corrected chi connectivity index (χ3v) is 8.12. The lowest BCUT2D eigenvalue weighted by Crippen LogP contribution is -2.51. The van der Waals surface area contributed by atoms with Gasteiger partial charge in [0.15, 0.2) is 0 Å². The Balaban J connectivity index is 2.07. The van der Waals surface area contributed by atoms with Gasteiger partial charge in [0.1, 0.15) is 18.4 Å². The third-order valence-electron chi connectivity index (χ3n) is 6.33. The minimum absolute atomic E-state index is 0.180. The highest BCUT2D eigenvalue weighted by atomic mass is 32.2. The molecule has 0 unspecified atom stereocenters. The molecular formula is C29H31F4N3O4S. The lowest BCUT2D eigenvalue weighted by Gasteiger charge is -2.32. The Morgan fingerprint density at radius 3 is 2.20 bits per heavy atom. The second kappa shape index (κ2) is 13.2. The van der Waals surface area contributed by atoms with Gasteiger partial charge >= 0.3 is 6.18 Å². The van der Waals surface area contributed by atoms with Crippen LogP contribution in [0.15, 0.2) is 77.7 Å². The van der Waals surface area contributed by atoms with Crippen LogP contribution in [0.1, 0.15) is 37.0 Å². The number of carbonyl (C=O) groups is 2. The van der Waals surface area contributed by atoms with E-state index in [0.29, 0.717) is 28.9 Å². The van der Waals surface area contributed by atoms with E-state index in [4.69, 9.17) is 0 Å². The highest BCUT2D eigenvalue weighted by Gasteiger charge is 2.35. The van der Waals surface area contributed by atoms with Crippen LogP contribution in [0.25, 0.3) is 0 Å². The van der Waals surface area contributed by atoms with Crippen LogP contribution in [0.5, 0.6) is 0 Å². The van der Waals surface area contributed by atoms with E-state index in [1.807, 2.05) is 6.92 Å². The Morgan fingerprint density at radius 2 is 1.61 bits per heavy atom. The van der Waals surface area contributed by atoms with Gasteiger partial charge in [-0.05, 0) is 68.3 Å². The fraction of sp³-hybridized carbons (Fsp3) is 0.310. The van der Waals surface area contributed by atoms with E-state index in [-0.39, 0.29) is 17.1 Å². The van der Waals surface area contributed by atoms with Gasteiger partial charge in [0.05, 0.1) is 16.1 Å². The Morgan fingerprint density at radius 1 is 0.976 bits per heavy atom. The van der Waals surface area contributed by atoms with E-state index in [0.717, 1.165) is 28.7 Å². The van der Waals surface area contributed by atoms with Gasteiger partial charge in [0, 0.05) is 13.1 Å².